The molecule has 1 aliphatic rings. The van der Waals surface area contributed by atoms with Gasteiger partial charge in [-0.05, 0) is 31.2 Å². The van der Waals surface area contributed by atoms with Crippen LogP contribution in [-0.4, -0.2) is 31.7 Å². The molecule has 1 aliphatic heterocycles. The van der Waals surface area contributed by atoms with Crippen LogP contribution in [0, 0.1) is 16.7 Å². The van der Waals surface area contributed by atoms with Crippen molar-refractivity contribution in [2.24, 2.45) is 11.1 Å². The van der Waals surface area contributed by atoms with Gasteiger partial charge < -0.3 is 5.73 Å². The Balaban J connectivity index is 2.22. The zero-order valence-corrected chi connectivity index (χ0v) is 11.1. The maximum atomic E-state index is 12.2. The van der Waals surface area contributed by atoms with Crippen LogP contribution in [-0.2, 0) is 10.0 Å². The van der Waals surface area contributed by atoms with Crippen molar-refractivity contribution in [3.05, 3.63) is 29.8 Å². The van der Waals surface area contributed by atoms with Gasteiger partial charge in [0.25, 0.3) is 0 Å². The van der Waals surface area contributed by atoms with E-state index in [9.17, 15) is 13.2 Å². The fourth-order valence-electron chi connectivity index (χ4n) is 1.91. The van der Waals surface area contributed by atoms with Crippen LogP contribution in [0.15, 0.2) is 29.2 Å². The lowest BCUT2D eigenvalue weighted by Crippen LogP contribution is -2.56. The van der Waals surface area contributed by atoms with Gasteiger partial charge in [-0.25, -0.2) is 8.42 Å². The van der Waals surface area contributed by atoms with Gasteiger partial charge in [0.05, 0.1) is 16.4 Å². The van der Waals surface area contributed by atoms with Crippen LogP contribution in [0.2, 0.25) is 0 Å². The second-order valence-corrected chi connectivity index (χ2v) is 6.77. The Morgan fingerprint density at radius 2 is 1.89 bits per heavy atom. The Labute approximate surface area is 111 Å². The number of carbonyl (C=O) groups excluding carboxylic acids is 1. The largest absolute Gasteiger partial charge is 0.366 e. The summed E-state index contributed by atoms with van der Waals surface area (Å²) in [5, 5.41) is 8.87. The van der Waals surface area contributed by atoms with E-state index in [4.69, 9.17) is 11.0 Å². The minimum Gasteiger partial charge on any atom is -0.366 e. The van der Waals surface area contributed by atoms with E-state index in [1.165, 1.54) is 28.6 Å². The highest BCUT2D eigenvalue weighted by atomic mass is 32.2. The van der Waals surface area contributed by atoms with Gasteiger partial charge >= 0.3 is 0 Å². The zero-order chi connectivity index (χ0) is 14.3. The SMILES string of the molecule is CC1(C#N)CN(S(=O)(=O)c2ccc(C(N)=O)cc2)C1. The van der Waals surface area contributed by atoms with Crippen molar-refractivity contribution in [3.63, 3.8) is 0 Å². The molecule has 0 spiro atoms. The fourth-order valence-corrected chi connectivity index (χ4v) is 3.60. The molecule has 0 atom stereocenters. The van der Waals surface area contributed by atoms with Crippen LogP contribution in [0.4, 0.5) is 0 Å². The number of nitrogens with zero attached hydrogens (tertiary/aromatic N) is 2. The van der Waals surface area contributed by atoms with E-state index in [0.29, 0.717) is 0 Å². The van der Waals surface area contributed by atoms with Gasteiger partial charge in [0.1, 0.15) is 0 Å². The number of nitriles is 1. The van der Waals surface area contributed by atoms with Crippen molar-refractivity contribution in [2.75, 3.05) is 13.1 Å². The van der Waals surface area contributed by atoms with Gasteiger partial charge in [-0.3, -0.25) is 4.79 Å². The second-order valence-electron chi connectivity index (χ2n) is 4.83. The van der Waals surface area contributed by atoms with Crippen LogP contribution in [0.5, 0.6) is 0 Å². The van der Waals surface area contributed by atoms with Crippen LogP contribution in [0.25, 0.3) is 0 Å². The number of carbonyl (C=O) groups is 1. The molecule has 1 heterocycles. The smallest absolute Gasteiger partial charge is 0.248 e. The number of hydrogen-bond acceptors (Lipinski definition) is 4. The normalized spacial score (nSPS) is 18.3. The first-order valence-electron chi connectivity index (χ1n) is 5.60. The Morgan fingerprint density at radius 1 is 1.37 bits per heavy atom. The molecular formula is C12H13N3O3S. The molecule has 0 unspecified atom stereocenters. The molecule has 0 bridgehead atoms. The van der Waals surface area contributed by atoms with Crippen molar-refractivity contribution in [1.29, 1.82) is 5.26 Å². The Hall–Kier alpha value is -1.91. The summed E-state index contributed by atoms with van der Waals surface area (Å²) in [5.74, 6) is -0.607. The number of hydrogen-bond donors (Lipinski definition) is 1. The minimum absolute atomic E-state index is 0.0949. The molecule has 0 radical (unpaired) electrons. The van der Waals surface area contributed by atoms with Crippen molar-refractivity contribution >= 4 is 15.9 Å². The van der Waals surface area contributed by atoms with Crippen LogP contribution < -0.4 is 5.73 Å². The topological polar surface area (TPSA) is 104 Å². The van der Waals surface area contributed by atoms with E-state index < -0.39 is 21.3 Å². The first-order chi connectivity index (χ1) is 8.78. The van der Waals surface area contributed by atoms with Crippen LogP contribution in [0.1, 0.15) is 17.3 Å². The molecule has 2 rings (SSSR count). The summed E-state index contributed by atoms with van der Waals surface area (Å²) in [5.41, 5.74) is 4.73. The molecule has 2 N–H and O–H groups in total. The highest BCUT2D eigenvalue weighted by molar-refractivity contribution is 7.89. The third-order valence-corrected chi connectivity index (χ3v) is 4.90. The summed E-state index contributed by atoms with van der Waals surface area (Å²) in [6, 6.07) is 7.52. The number of amides is 1. The van der Waals surface area contributed by atoms with Crippen molar-refractivity contribution in [3.8, 4) is 6.07 Å². The standard InChI is InChI=1S/C12H13N3O3S/c1-12(6-13)7-15(8-12)19(17,18)10-4-2-9(3-5-10)11(14)16/h2-5H,7-8H2,1H3,(H2,14,16). The molecular weight excluding hydrogens is 266 g/mol. The summed E-state index contributed by atoms with van der Waals surface area (Å²) in [6.07, 6.45) is 0. The molecule has 6 nitrogen and oxygen atoms in total. The lowest BCUT2D eigenvalue weighted by Gasteiger charge is -2.41. The molecule has 0 saturated carbocycles. The average Bonchev–Trinajstić information content (AvgIpc) is 2.35. The van der Waals surface area contributed by atoms with Crippen molar-refractivity contribution in [2.45, 2.75) is 11.8 Å². The molecule has 7 heteroatoms. The minimum atomic E-state index is -3.60. The maximum Gasteiger partial charge on any atom is 0.248 e. The van der Waals surface area contributed by atoms with Crippen LogP contribution in [0.3, 0.4) is 0 Å². The second kappa shape index (κ2) is 4.33. The number of benzene rings is 1. The molecule has 19 heavy (non-hydrogen) atoms. The van der Waals surface area contributed by atoms with Crippen molar-refractivity contribution < 1.29 is 13.2 Å². The predicted octanol–water partition coefficient (Wildman–Crippen LogP) is 0.320. The summed E-state index contributed by atoms with van der Waals surface area (Å²) >= 11 is 0. The monoisotopic (exact) mass is 279 g/mol. The Morgan fingerprint density at radius 3 is 2.32 bits per heavy atom. The van der Waals surface area contributed by atoms with Gasteiger partial charge in [0, 0.05) is 18.7 Å². The van der Waals surface area contributed by atoms with E-state index in [1.54, 1.807) is 6.92 Å². The lowest BCUT2D eigenvalue weighted by atomic mass is 9.86. The first kappa shape index (κ1) is 13.5. The van der Waals surface area contributed by atoms with E-state index in [0.717, 1.165) is 0 Å². The fraction of sp³-hybridized carbons (Fsp3) is 0.333. The molecule has 1 fully saturated rings. The molecule has 1 aromatic carbocycles. The predicted molar refractivity (Wildman–Crippen MR) is 67.4 cm³/mol. The molecule has 100 valence electrons. The first-order valence-corrected chi connectivity index (χ1v) is 7.04. The van der Waals surface area contributed by atoms with E-state index in [2.05, 4.69) is 6.07 Å². The summed E-state index contributed by atoms with van der Waals surface area (Å²) in [4.78, 5) is 11.0. The Kier molecular flexibility index (Phi) is 3.08. The zero-order valence-electron chi connectivity index (χ0n) is 10.3. The van der Waals surface area contributed by atoms with Gasteiger partial charge in [-0.2, -0.15) is 9.57 Å². The Bertz CT molecular complexity index is 652. The van der Waals surface area contributed by atoms with Gasteiger partial charge in [0.15, 0.2) is 0 Å². The van der Waals surface area contributed by atoms with Gasteiger partial charge in [-0.15, -0.1) is 0 Å². The quantitative estimate of drug-likeness (QED) is 0.860. The van der Waals surface area contributed by atoms with E-state index in [1.807, 2.05) is 0 Å². The highest BCUT2D eigenvalue weighted by Gasteiger charge is 2.45. The summed E-state index contributed by atoms with van der Waals surface area (Å²) in [6.45, 7) is 2.09. The third kappa shape index (κ3) is 2.32. The number of primary amides is 1. The number of nitrogens with two attached hydrogens (primary N) is 1. The highest BCUT2D eigenvalue weighted by Crippen LogP contribution is 2.33. The molecule has 0 aliphatic carbocycles. The molecule has 1 saturated heterocycles. The molecule has 1 aromatic rings. The maximum absolute atomic E-state index is 12.2. The summed E-state index contributed by atoms with van der Waals surface area (Å²) < 4.78 is 25.6. The van der Waals surface area contributed by atoms with Crippen LogP contribution >= 0.6 is 0 Å². The summed E-state index contributed by atoms with van der Waals surface area (Å²) in [7, 11) is -3.60. The lowest BCUT2D eigenvalue weighted by molar-refractivity contribution is 0.1000. The van der Waals surface area contributed by atoms with E-state index in [-0.39, 0.29) is 23.5 Å². The molecule has 1 amide bonds. The number of sulfonamides is 1. The third-order valence-electron chi connectivity index (χ3n) is 3.10. The van der Waals surface area contributed by atoms with E-state index >= 15 is 0 Å². The average molecular weight is 279 g/mol. The number of rotatable bonds is 3. The van der Waals surface area contributed by atoms with Crippen molar-refractivity contribution in [1.82, 2.24) is 4.31 Å². The van der Waals surface area contributed by atoms with Gasteiger partial charge in [-0.1, -0.05) is 0 Å². The molecule has 0 aromatic heterocycles. The van der Waals surface area contributed by atoms with Gasteiger partial charge in [0.2, 0.25) is 15.9 Å².